The lowest BCUT2D eigenvalue weighted by molar-refractivity contribution is 0.160. The van der Waals surface area contributed by atoms with Crippen molar-refractivity contribution in [3.63, 3.8) is 0 Å². The molecule has 1 N–H and O–H groups in total. The molecule has 1 aliphatic carbocycles. The van der Waals surface area contributed by atoms with E-state index in [0.717, 1.165) is 23.6 Å². The summed E-state index contributed by atoms with van der Waals surface area (Å²) in [5.74, 6) is 0.724. The first kappa shape index (κ1) is 13.3. The van der Waals surface area contributed by atoms with Crippen LogP contribution in [0.1, 0.15) is 56.4 Å². The van der Waals surface area contributed by atoms with E-state index in [1.807, 2.05) is 0 Å². The number of nitrogens with one attached hydrogen (secondary N) is 1. The predicted molar refractivity (Wildman–Crippen MR) is 79.9 cm³/mol. The van der Waals surface area contributed by atoms with Gasteiger partial charge in [-0.3, -0.25) is 0 Å². The van der Waals surface area contributed by atoms with Crippen LogP contribution in [0, 0.1) is 0 Å². The topological polar surface area (TPSA) is 41.0 Å². The average molecular weight is 280 g/mol. The van der Waals surface area contributed by atoms with E-state index in [1.165, 1.54) is 56.6 Å². The van der Waals surface area contributed by atoms with E-state index in [4.69, 9.17) is 0 Å². The lowest BCUT2D eigenvalue weighted by Gasteiger charge is -2.33. The van der Waals surface area contributed by atoms with E-state index in [9.17, 15) is 0 Å². The summed E-state index contributed by atoms with van der Waals surface area (Å²) >= 11 is 1.74. The Bertz CT molecular complexity index is 402. The number of nitrogens with zero attached hydrogens (tertiary/aromatic N) is 3. The highest BCUT2D eigenvalue weighted by atomic mass is 32.1. The molecule has 1 aliphatic heterocycles. The maximum absolute atomic E-state index is 4.25. The molecule has 0 bridgehead atoms. The standard InChI is InChI=1S/C14H24N4S/c1-11-5-2-3-9-18(11)10-4-8-15-14-17-16-13(19-14)12-6-7-12/h11-12H,2-10H2,1H3,(H,15,17). The summed E-state index contributed by atoms with van der Waals surface area (Å²) in [6.45, 7) is 5.87. The SMILES string of the molecule is CC1CCCCN1CCCNc1nnc(C2CC2)s1. The maximum atomic E-state index is 4.25. The van der Waals surface area contributed by atoms with Crippen LogP contribution in [0.5, 0.6) is 0 Å². The van der Waals surface area contributed by atoms with E-state index >= 15 is 0 Å². The van der Waals surface area contributed by atoms with Gasteiger partial charge in [-0.2, -0.15) is 0 Å². The fourth-order valence-electron chi connectivity index (χ4n) is 2.77. The van der Waals surface area contributed by atoms with Gasteiger partial charge in [0.15, 0.2) is 0 Å². The van der Waals surface area contributed by atoms with Gasteiger partial charge in [0.25, 0.3) is 0 Å². The molecular weight excluding hydrogens is 256 g/mol. The van der Waals surface area contributed by atoms with Crippen LogP contribution >= 0.6 is 11.3 Å². The first-order valence-electron chi connectivity index (χ1n) is 7.64. The lowest BCUT2D eigenvalue weighted by Crippen LogP contribution is -2.38. The minimum absolute atomic E-state index is 0.724. The van der Waals surface area contributed by atoms with Crippen molar-refractivity contribution in [1.82, 2.24) is 15.1 Å². The Morgan fingerprint density at radius 3 is 2.95 bits per heavy atom. The molecule has 2 aliphatic rings. The van der Waals surface area contributed by atoms with Crippen molar-refractivity contribution in [2.45, 2.75) is 57.4 Å². The van der Waals surface area contributed by atoms with Gasteiger partial charge >= 0.3 is 0 Å². The van der Waals surface area contributed by atoms with E-state index in [2.05, 4.69) is 27.3 Å². The predicted octanol–water partition coefficient (Wildman–Crippen LogP) is 3.09. The summed E-state index contributed by atoms with van der Waals surface area (Å²) < 4.78 is 0. The van der Waals surface area contributed by atoms with Crippen molar-refractivity contribution in [3.8, 4) is 0 Å². The molecule has 0 spiro atoms. The Balaban J connectivity index is 1.35. The fraction of sp³-hybridized carbons (Fsp3) is 0.857. The van der Waals surface area contributed by atoms with E-state index in [1.54, 1.807) is 11.3 Å². The van der Waals surface area contributed by atoms with Gasteiger partial charge in [0, 0.05) is 25.0 Å². The third-order valence-electron chi connectivity index (χ3n) is 4.21. The van der Waals surface area contributed by atoms with Gasteiger partial charge in [-0.25, -0.2) is 0 Å². The highest BCUT2D eigenvalue weighted by molar-refractivity contribution is 7.15. The van der Waals surface area contributed by atoms with Crippen molar-refractivity contribution in [1.29, 1.82) is 0 Å². The second-order valence-corrected chi connectivity index (χ2v) is 6.89. The van der Waals surface area contributed by atoms with Gasteiger partial charge in [-0.1, -0.05) is 17.8 Å². The molecular formula is C14H24N4S. The van der Waals surface area contributed by atoms with Crippen LogP contribution in [-0.2, 0) is 0 Å². The zero-order valence-electron chi connectivity index (χ0n) is 11.8. The molecule has 19 heavy (non-hydrogen) atoms. The first-order valence-corrected chi connectivity index (χ1v) is 8.46. The van der Waals surface area contributed by atoms with Gasteiger partial charge in [0.05, 0.1) is 0 Å². The van der Waals surface area contributed by atoms with Crippen molar-refractivity contribution >= 4 is 16.5 Å². The number of hydrogen-bond acceptors (Lipinski definition) is 5. The molecule has 0 aromatic carbocycles. The average Bonchev–Trinajstić information content (AvgIpc) is 3.17. The summed E-state index contributed by atoms with van der Waals surface area (Å²) in [5, 5.41) is 14.1. The van der Waals surface area contributed by atoms with Crippen molar-refractivity contribution < 1.29 is 0 Å². The Morgan fingerprint density at radius 1 is 1.26 bits per heavy atom. The molecule has 1 atom stereocenters. The Hall–Kier alpha value is -0.680. The number of anilines is 1. The van der Waals surface area contributed by atoms with Crippen molar-refractivity contribution in [2.24, 2.45) is 0 Å². The van der Waals surface area contributed by atoms with Crippen molar-refractivity contribution in [3.05, 3.63) is 5.01 Å². The molecule has 4 nitrogen and oxygen atoms in total. The van der Waals surface area contributed by atoms with Crippen LogP contribution in [0.15, 0.2) is 0 Å². The van der Waals surface area contributed by atoms with E-state index in [-0.39, 0.29) is 0 Å². The molecule has 0 radical (unpaired) electrons. The van der Waals surface area contributed by atoms with Gasteiger partial charge in [-0.05, 0) is 45.6 Å². The molecule has 106 valence electrons. The maximum Gasteiger partial charge on any atom is 0.205 e. The molecule has 1 aromatic heterocycles. The number of hydrogen-bond donors (Lipinski definition) is 1. The summed E-state index contributed by atoms with van der Waals surface area (Å²) in [7, 11) is 0. The molecule has 1 unspecified atom stereocenters. The molecule has 1 saturated carbocycles. The van der Waals surface area contributed by atoms with Gasteiger partial charge in [-0.15, -0.1) is 10.2 Å². The monoisotopic (exact) mass is 280 g/mol. The normalized spacial score (nSPS) is 24.6. The Labute approximate surface area is 119 Å². The molecule has 0 amide bonds. The zero-order valence-corrected chi connectivity index (χ0v) is 12.6. The fourth-order valence-corrected chi connectivity index (χ4v) is 3.71. The quantitative estimate of drug-likeness (QED) is 0.813. The molecule has 5 heteroatoms. The summed E-state index contributed by atoms with van der Waals surface area (Å²) in [4.78, 5) is 2.63. The molecule has 1 aromatic rings. The molecule has 2 fully saturated rings. The highest BCUT2D eigenvalue weighted by Gasteiger charge is 2.27. The lowest BCUT2D eigenvalue weighted by atomic mass is 10.0. The second kappa shape index (κ2) is 6.18. The van der Waals surface area contributed by atoms with Crippen molar-refractivity contribution in [2.75, 3.05) is 25.0 Å². The largest absolute Gasteiger partial charge is 0.360 e. The third kappa shape index (κ3) is 3.66. The van der Waals surface area contributed by atoms with Crippen LogP contribution in [0.25, 0.3) is 0 Å². The molecule has 3 rings (SSSR count). The van der Waals surface area contributed by atoms with Crippen LogP contribution in [0.4, 0.5) is 5.13 Å². The van der Waals surface area contributed by atoms with E-state index < -0.39 is 0 Å². The number of likely N-dealkylation sites (tertiary alicyclic amines) is 1. The molecule has 1 saturated heterocycles. The van der Waals surface area contributed by atoms with Crippen LogP contribution in [0.2, 0.25) is 0 Å². The summed E-state index contributed by atoms with van der Waals surface area (Å²) in [5.41, 5.74) is 0. The zero-order chi connectivity index (χ0) is 13.1. The number of aromatic nitrogens is 2. The van der Waals surface area contributed by atoms with Gasteiger partial charge in [0.1, 0.15) is 5.01 Å². The van der Waals surface area contributed by atoms with Crippen LogP contribution in [-0.4, -0.2) is 40.8 Å². The Kier molecular flexibility index (Phi) is 4.33. The van der Waals surface area contributed by atoms with Crippen LogP contribution < -0.4 is 5.32 Å². The van der Waals surface area contributed by atoms with E-state index in [0.29, 0.717) is 0 Å². The third-order valence-corrected chi connectivity index (χ3v) is 5.25. The number of rotatable bonds is 6. The van der Waals surface area contributed by atoms with Crippen LogP contribution in [0.3, 0.4) is 0 Å². The smallest absolute Gasteiger partial charge is 0.205 e. The summed E-state index contributed by atoms with van der Waals surface area (Å²) in [6, 6.07) is 0.775. The van der Waals surface area contributed by atoms with Gasteiger partial charge in [0.2, 0.25) is 5.13 Å². The minimum atomic E-state index is 0.724. The summed E-state index contributed by atoms with van der Waals surface area (Å²) in [6.07, 6.45) is 7.96. The highest BCUT2D eigenvalue weighted by Crippen LogP contribution is 2.41. The molecule has 2 heterocycles. The Morgan fingerprint density at radius 2 is 2.16 bits per heavy atom. The van der Waals surface area contributed by atoms with Gasteiger partial charge < -0.3 is 10.2 Å². The second-order valence-electron chi connectivity index (χ2n) is 5.88. The minimum Gasteiger partial charge on any atom is -0.360 e. The first-order chi connectivity index (χ1) is 9.33. The number of piperidine rings is 1.